The normalized spacial score (nSPS) is 16.1. The zero-order valence-electron chi connectivity index (χ0n) is 13.3. The first-order chi connectivity index (χ1) is 9.58. The summed E-state index contributed by atoms with van der Waals surface area (Å²) in [6.07, 6.45) is 0.821. The molecule has 0 heterocycles. The van der Waals surface area contributed by atoms with Crippen molar-refractivity contribution in [1.29, 1.82) is 0 Å². The topological polar surface area (TPSA) is 69.2 Å². The molecule has 20 heavy (non-hydrogen) atoms. The Bertz CT molecular complexity index is 212. The Morgan fingerprint density at radius 3 is 2.10 bits per heavy atom. The minimum atomic E-state index is -0.296. The maximum atomic E-state index is 9.30. The van der Waals surface area contributed by atoms with Gasteiger partial charge in [0.25, 0.3) is 0 Å². The molecule has 0 aromatic rings. The molecule has 0 bridgehead atoms. The van der Waals surface area contributed by atoms with E-state index in [-0.39, 0.29) is 18.2 Å². The van der Waals surface area contributed by atoms with Crippen molar-refractivity contribution < 1.29 is 24.1 Å². The van der Waals surface area contributed by atoms with Gasteiger partial charge in [0.05, 0.1) is 52.4 Å². The lowest BCUT2D eigenvalue weighted by atomic mass is 9.96. The molecule has 0 aliphatic carbocycles. The second kappa shape index (κ2) is 12.5. The predicted molar refractivity (Wildman–Crippen MR) is 78.1 cm³/mol. The highest BCUT2D eigenvalue weighted by Gasteiger charge is 2.23. The van der Waals surface area contributed by atoms with Gasteiger partial charge in [-0.3, -0.25) is 0 Å². The molecule has 0 aromatic heterocycles. The second-order valence-electron chi connectivity index (χ2n) is 5.07. The fraction of sp³-hybridized carbons (Fsp3) is 1.00. The highest BCUT2D eigenvalue weighted by atomic mass is 16.6. The zero-order chi connectivity index (χ0) is 15.3. The van der Waals surface area contributed by atoms with Crippen LogP contribution in [-0.4, -0.2) is 77.2 Å². The van der Waals surface area contributed by atoms with Crippen LogP contribution < -0.4 is 5.32 Å². The number of aliphatic hydroxyl groups is 1. The quantitative estimate of drug-likeness (QED) is 0.453. The molecule has 0 aromatic carbocycles. The summed E-state index contributed by atoms with van der Waals surface area (Å²) in [6.45, 7) is 7.49. The van der Waals surface area contributed by atoms with E-state index in [2.05, 4.69) is 5.32 Å². The molecule has 2 unspecified atom stereocenters. The van der Waals surface area contributed by atoms with Crippen molar-refractivity contribution in [2.45, 2.75) is 31.9 Å². The standard InChI is InChI=1S/C14H31NO5/c1-13(11-14(2,12-16)15-3)20-10-9-19-8-7-18-6-5-17-4/h13,15-16H,5-12H2,1-4H3. The fourth-order valence-corrected chi connectivity index (χ4v) is 1.71. The molecule has 0 fully saturated rings. The number of hydrogen-bond donors (Lipinski definition) is 2. The molecule has 0 rings (SSSR count). The first-order valence-electron chi connectivity index (χ1n) is 7.13. The molecular weight excluding hydrogens is 262 g/mol. The number of aliphatic hydroxyl groups excluding tert-OH is 1. The summed E-state index contributed by atoms with van der Waals surface area (Å²) in [7, 11) is 3.49. The minimum absolute atomic E-state index is 0.0705. The molecule has 2 atom stereocenters. The third kappa shape index (κ3) is 10.5. The third-order valence-corrected chi connectivity index (χ3v) is 3.12. The number of likely N-dealkylation sites (N-methyl/N-ethyl adjacent to an activating group) is 1. The van der Waals surface area contributed by atoms with Gasteiger partial charge in [0.15, 0.2) is 0 Å². The largest absolute Gasteiger partial charge is 0.394 e. The van der Waals surface area contributed by atoms with Crippen molar-refractivity contribution in [3.63, 3.8) is 0 Å². The molecule has 0 radical (unpaired) electrons. The van der Waals surface area contributed by atoms with Crippen LogP contribution in [0.1, 0.15) is 20.3 Å². The molecule has 0 aliphatic heterocycles. The van der Waals surface area contributed by atoms with E-state index in [0.717, 1.165) is 6.42 Å². The highest BCUT2D eigenvalue weighted by molar-refractivity contribution is 4.82. The highest BCUT2D eigenvalue weighted by Crippen LogP contribution is 2.13. The van der Waals surface area contributed by atoms with E-state index in [9.17, 15) is 5.11 Å². The van der Waals surface area contributed by atoms with E-state index in [1.54, 1.807) is 7.11 Å². The average molecular weight is 293 g/mol. The summed E-state index contributed by atoms with van der Waals surface area (Å²) in [5.74, 6) is 0. The monoisotopic (exact) mass is 293 g/mol. The van der Waals surface area contributed by atoms with Crippen molar-refractivity contribution in [3.8, 4) is 0 Å². The lowest BCUT2D eigenvalue weighted by molar-refractivity contribution is -0.0219. The van der Waals surface area contributed by atoms with Crippen molar-refractivity contribution in [2.24, 2.45) is 0 Å². The van der Waals surface area contributed by atoms with Crippen molar-refractivity contribution in [2.75, 3.05) is 60.4 Å². The Hall–Kier alpha value is -0.240. The van der Waals surface area contributed by atoms with Gasteiger partial charge in [0, 0.05) is 12.6 Å². The summed E-state index contributed by atoms with van der Waals surface area (Å²) in [4.78, 5) is 0. The van der Waals surface area contributed by atoms with Gasteiger partial charge in [-0.15, -0.1) is 0 Å². The van der Waals surface area contributed by atoms with Crippen LogP contribution in [0.15, 0.2) is 0 Å². The Kier molecular flexibility index (Phi) is 12.3. The molecule has 122 valence electrons. The van der Waals surface area contributed by atoms with Gasteiger partial charge in [-0.2, -0.15) is 0 Å². The molecule has 6 heteroatoms. The molecule has 0 amide bonds. The van der Waals surface area contributed by atoms with Crippen LogP contribution in [0.5, 0.6) is 0 Å². The van der Waals surface area contributed by atoms with Crippen LogP contribution in [0.2, 0.25) is 0 Å². The van der Waals surface area contributed by atoms with E-state index >= 15 is 0 Å². The van der Waals surface area contributed by atoms with Gasteiger partial charge in [-0.25, -0.2) is 0 Å². The van der Waals surface area contributed by atoms with E-state index in [0.29, 0.717) is 39.6 Å². The summed E-state index contributed by atoms with van der Waals surface area (Å²) in [6, 6.07) is 0. The molecule has 6 nitrogen and oxygen atoms in total. The Balaban J connectivity index is 3.42. The molecule has 0 spiro atoms. The predicted octanol–water partition coefficient (Wildman–Crippen LogP) is 0.432. The van der Waals surface area contributed by atoms with Gasteiger partial charge in [-0.1, -0.05) is 0 Å². The van der Waals surface area contributed by atoms with Gasteiger partial charge < -0.3 is 29.4 Å². The van der Waals surface area contributed by atoms with Crippen LogP contribution in [-0.2, 0) is 18.9 Å². The summed E-state index contributed by atoms with van der Waals surface area (Å²) < 4.78 is 21.2. The third-order valence-electron chi connectivity index (χ3n) is 3.12. The van der Waals surface area contributed by atoms with Crippen molar-refractivity contribution in [3.05, 3.63) is 0 Å². The molecule has 2 N–H and O–H groups in total. The molecule has 0 saturated heterocycles. The number of ether oxygens (including phenoxy) is 4. The van der Waals surface area contributed by atoms with E-state index < -0.39 is 0 Å². The second-order valence-corrected chi connectivity index (χ2v) is 5.07. The molecule has 0 aliphatic rings. The lowest BCUT2D eigenvalue weighted by Gasteiger charge is -2.29. The van der Waals surface area contributed by atoms with E-state index in [1.165, 1.54) is 0 Å². The maximum absolute atomic E-state index is 9.30. The smallest absolute Gasteiger partial charge is 0.0704 e. The minimum Gasteiger partial charge on any atom is -0.394 e. The van der Waals surface area contributed by atoms with Crippen molar-refractivity contribution in [1.82, 2.24) is 5.32 Å². The SMILES string of the molecule is CNC(C)(CO)CC(C)OCCOCCOCCOC. The zero-order valence-corrected chi connectivity index (χ0v) is 13.3. The lowest BCUT2D eigenvalue weighted by Crippen LogP contribution is -2.46. The Morgan fingerprint density at radius 1 is 1.05 bits per heavy atom. The van der Waals surface area contributed by atoms with Gasteiger partial charge >= 0.3 is 0 Å². The Labute approximate surface area is 122 Å². The van der Waals surface area contributed by atoms with Crippen LogP contribution in [0, 0.1) is 0 Å². The average Bonchev–Trinajstić information content (AvgIpc) is 2.45. The number of rotatable bonds is 14. The van der Waals surface area contributed by atoms with Gasteiger partial charge in [-0.05, 0) is 27.3 Å². The molecular formula is C14H31NO5. The van der Waals surface area contributed by atoms with E-state index in [1.807, 2.05) is 20.9 Å². The van der Waals surface area contributed by atoms with Gasteiger partial charge in [0.2, 0.25) is 0 Å². The number of hydrogen-bond acceptors (Lipinski definition) is 6. The first kappa shape index (κ1) is 19.8. The fourth-order valence-electron chi connectivity index (χ4n) is 1.71. The molecule has 0 saturated carbocycles. The number of nitrogens with one attached hydrogen (secondary N) is 1. The summed E-state index contributed by atoms with van der Waals surface area (Å²) >= 11 is 0. The van der Waals surface area contributed by atoms with Crippen molar-refractivity contribution >= 4 is 0 Å². The first-order valence-corrected chi connectivity index (χ1v) is 7.13. The van der Waals surface area contributed by atoms with Crippen LogP contribution in [0.4, 0.5) is 0 Å². The maximum Gasteiger partial charge on any atom is 0.0704 e. The van der Waals surface area contributed by atoms with Crippen LogP contribution in [0.3, 0.4) is 0 Å². The van der Waals surface area contributed by atoms with Crippen LogP contribution >= 0.6 is 0 Å². The van der Waals surface area contributed by atoms with Gasteiger partial charge in [0.1, 0.15) is 0 Å². The summed E-state index contributed by atoms with van der Waals surface area (Å²) in [5, 5.41) is 12.4. The Morgan fingerprint density at radius 2 is 1.60 bits per heavy atom. The van der Waals surface area contributed by atoms with E-state index in [4.69, 9.17) is 18.9 Å². The summed E-state index contributed by atoms with van der Waals surface area (Å²) in [5.41, 5.74) is -0.296. The van der Waals surface area contributed by atoms with Crippen LogP contribution in [0.25, 0.3) is 0 Å². The number of methoxy groups -OCH3 is 1.